The van der Waals surface area contributed by atoms with Gasteiger partial charge < -0.3 is 4.57 Å². The normalized spacial score (nSPS) is 13.1. The Morgan fingerprint density at radius 3 is 1.81 bits per heavy atom. The average Bonchev–Trinajstić information content (AvgIpc) is 2.71. The summed E-state index contributed by atoms with van der Waals surface area (Å²) in [5.74, 6) is 0. The van der Waals surface area contributed by atoms with Crippen LogP contribution in [-0.2, 0) is 7.05 Å². The first-order valence-corrected chi connectivity index (χ1v) is 5.33. The van der Waals surface area contributed by atoms with Crippen LogP contribution >= 0.6 is 0 Å². The number of nitrogens with zero attached hydrogens (tertiary/aromatic N) is 1. The van der Waals surface area contributed by atoms with E-state index < -0.39 is 0 Å². The molecule has 1 nitrogen and oxygen atoms in total. The number of fused-ring (bicyclic) bond motifs is 3. The summed E-state index contributed by atoms with van der Waals surface area (Å²) in [6.07, 6.45) is 0. The molecule has 1 heterocycles. The highest BCUT2D eigenvalue weighted by Crippen LogP contribution is 2.29. The molecule has 0 aliphatic heterocycles. The van der Waals surface area contributed by atoms with Gasteiger partial charge in [0.1, 0.15) is 0 Å². The Kier molecular flexibility index (Phi) is 1.46. The van der Waals surface area contributed by atoms with E-state index >= 15 is 0 Å². The van der Waals surface area contributed by atoms with Crippen molar-refractivity contribution in [1.82, 2.24) is 4.57 Å². The van der Waals surface area contributed by atoms with Gasteiger partial charge in [0.05, 0.1) is 0 Å². The van der Waals surface area contributed by atoms with Crippen LogP contribution in [0, 0.1) is 13.8 Å². The molecule has 16 heavy (non-hydrogen) atoms. The van der Waals surface area contributed by atoms with Crippen LogP contribution in [0.1, 0.15) is 13.9 Å². The van der Waals surface area contributed by atoms with Crippen LogP contribution in [0.5, 0.6) is 0 Å². The lowest BCUT2D eigenvalue weighted by molar-refractivity contribution is 1.01. The molecule has 3 aromatic rings. The highest BCUT2D eigenvalue weighted by Gasteiger charge is 2.07. The summed E-state index contributed by atoms with van der Waals surface area (Å²) in [6.45, 7) is 0.620. The highest BCUT2D eigenvalue weighted by molar-refractivity contribution is 6.08. The van der Waals surface area contributed by atoms with E-state index in [-0.39, 0.29) is 0 Å². The Morgan fingerprint density at radius 2 is 1.38 bits per heavy atom. The number of hydrogen-bond donors (Lipinski definition) is 0. The average molecular weight is 211 g/mol. The molecule has 0 fully saturated rings. The molecule has 2 aromatic carbocycles. The van der Waals surface area contributed by atoms with E-state index in [2.05, 4.69) is 35.9 Å². The standard InChI is InChI=1S/C15H15N/c1-10-4-6-14-12(8-10)13-9-11(2)5-7-15(13)16(14)3/h4-9H,1-3H3/i1D,2D. The van der Waals surface area contributed by atoms with Crippen LogP contribution in [0.4, 0.5) is 0 Å². The molecule has 0 radical (unpaired) electrons. The lowest BCUT2D eigenvalue weighted by atomic mass is 10.1. The summed E-state index contributed by atoms with van der Waals surface area (Å²) >= 11 is 0. The fourth-order valence-corrected chi connectivity index (χ4v) is 2.31. The molecule has 1 heteroatoms. The van der Waals surface area contributed by atoms with Crippen molar-refractivity contribution in [3.05, 3.63) is 47.5 Å². The van der Waals surface area contributed by atoms with Gasteiger partial charge in [0.2, 0.25) is 0 Å². The monoisotopic (exact) mass is 211 g/mol. The predicted octanol–water partition coefficient (Wildman–Crippen LogP) is 3.95. The lowest BCUT2D eigenvalue weighted by Crippen LogP contribution is -1.86. The molecule has 0 amide bonds. The summed E-state index contributed by atoms with van der Waals surface area (Å²) in [4.78, 5) is 0. The Morgan fingerprint density at radius 1 is 0.875 bits per heavy atom. The molecular weight excluding hydrogens is 194 g/mol. The first-order valence-electron chi connectivity index (χ1n) is 6.74. The van der Waals surface area contributed by atoms with Crippen LogP contribution in [0.25, 0.3) is 21.8 Å². The van der Waals surface area contributed by atoms with Crippen LogP contribution in [-0.4, -0.2) is 4.57 Å². The van der Waals surface area contributed by atoms with Gasteiger partial charge in [-0.05, 0) is 38.1 Å². The molecule has 0 saturated heterocycles. The van der Waals surface area contributed by atoms with E-state index in [0.717, 1.165) is 11.1 Å². The Bertz CT molecular complexity index is 667. The van der Waals surface area contributed by atoms with Gasteiger partial charge in [-0.3, -0.25) is 0 Å². The van der Waals surface area contributed by atoms with Gasteiger partial charge in [0.25, 0.3) is 0 Å². The van der Waals surface area contributed by atoms with Crippen molar-refractivity contribution in [2.24, 2.45) is 7.05 Å². The second-order valence-corrected chi connectivity index (χ2v) is 4.26. The quantitative estimate of drug-likeness (QED) is 0.530. The van der Waals surface area contributed by atoms with Gasteiger partial charge >= 0.3 is 0 Å². The second kappa shape index (κ2) is 3.11. The molecule has 0 aliphatic carbocycles. The van der Waals surface area contributed by atoms with E-state index in [9.17, 15) is 0 Å². The lowest BCUT2D eigenvalue weighted by Gasteiger charge is -1.97. The number of aryl methyl sites for hydroxylation is 3. The molecule has 1 aromatic heterocycles. The molecule has 0 aliphatic rings. The van der Waals surface area contributed by atoms with E-state index in [1.807, 2.05) is 12.1 Å². The molecule has 0 saturated carbocycles. The van der Waals surface area contributed by atoms with E-state index in [4.69, 9.17) is 2.74 Å². The van der Waals surface area contributed by atoms with Crippen molar-refractivity contribution in [3.8, 4) is 0 Å². The molecule has 0 spiro atoms. The van der Waals surface area contributed by atoms with Gasteiger partial charge in [0.15, 0.2) is 0 Å². The van der Waals surface area contributed by atoms with Crippen molar-refractivity contribution in [2.75, 3.05) is 0 Å². The SMILES string of the molecule is [2H]Cc1ccc2c(c1)c1cc(C[2H])ccc1n2C. The van der Waals surface area contributed by atoms with Crippen LogP contribution in [0.2, 0.25) is 0 Å². The van der Waals surface area contributed by atoms with Crippen molar-refractivity contribution in [1.29, 1.82) is 0 Å². The van der Waals surface area contributed by atoms with Gasteiger partial charge in [-0.2, -0.15) is 0 Å². The summed E-state index contributed by atoms with van der Waals surface area (Å²) in [6, 6.07) is 12.4. The third kappa shape index (κ3) is 1.18. The van der Waals surface area contributed by atoms with Gasteiger partial charge in [0, 0.05) is 31.6 Å². The van der Waals surface area contributed by atoms with Gasteiger partial charge in [-0.15, -0.1) is 0 Å². The molecule has 0 N–H and O–H groups in total. The van der Waals surface area contributed by atoms with Crippen LogP contribution in [0.15, 0.2) is 36.4 Å². The third-order valence-electron chi connectivity index (χ3n) is 3.13. The number of aromatic nitrogens is 1. The zero-order chi connectivity index (χ0) is 12.7. The largest absolute Gasteiger partial charge is 0.344 e. The molecule has 0 bridgehead atoms. The topological polar surface area (TPSA) is 4.93 Å². The molecule has 0 unspecified atom stereocenters. The number of benzene rings is 2. The summed E-state index contributed by atoms with van der Waals surface area (Å²) in [5, 5.41) is 2.38. The van der Waals surface area contributed by atoms with E-state index in [0.29, 0.717) is 13.8 Å². The fourth-order valence-electron chi connectivity index (χ4n) is 2.31. The van der Waals surface area contributed by atoms with Crippen molar-refractivity contribution >= 4 is 21.8 Å². The molecule has 0 atom stereocenters. The summed E-state index contributed by atoms with van der Waals surface area (Å²) in [7, 11) is 2.06. The van der Waals surface area contributed by atoms with Crippen molar-refractivity contribution in [3.63, 3.8) is 0 Å². The zero-order valence-electron chi connectivity index (χ0n) is 11.3. The zero-order valence-corrected chi connectivity index (χ0v) is 9.33. The minimum atomic E-state index is 0.310. The maximum atomic E-state index is 7.48. The fraction of sp³-hybridized carbons (Fsp3) is 0.200. The first kappa shape index (κ1) is 7.50. The predicted molar refractivity (Wildman–Crippen MR) is 69.9 cm³/mol. The van der Waals surface area contributed by atoms with Crippen molar-refractivity contribution < 1.29 is 2.74 Å². The summed E-state index contributed by atoms with van der Waals surface area (Å²) in [5.41, 5.74) is 4.44. The van der Waals surface area contributed by atoms with E-state index in [1.54, 1.807) is 0 Å². The minimum Gasteiger partial charge on any atom is -0.344 e. The summed E-state index contributed by atoms with van der Waals surface area (Å²) < 4.78 is 17.1. The molecule has 80 valence electrons. The molecular formula is C15H15N. The van der Waals surface area contributed by atoms with Crippen molar-refractivity contribution in [2.45, 2.75) is 13.8 Å². The van der Waals surface area contributed by atoms with Crippen LogP contribution < -0.4 is 0 Å². The van der Waals surface area contributed by atoms with Gasteiger partial charge in [-0.1, -0.05) is 23.3 Å². The smallest absolute Gasteiger partial charge is 0.0488 e. The number of rotatable bonds is 0. The second-order valence-electron chi connectivity index (χ2n) is 4.26. The highest BCUT2D eigenvalue weighted by atomic mass is 14.9. The van der Waals surface area contributed by atoms with E-state index in [1.165, 1.54) is 21.8 Å². The van der Waals surface area contributed by atoms with Gasteiger partial charge in [-0.25, -0.2) is 0 Å². The molecule has 3 rings (SSSR count). The first-order chi connectivity index (χ1) is 8.74. The Labute approximate surface area is 98.1 Å². The maximum Gasteiger partial charge on any atom is 0.0488 e. The van der Waals surface area contributed by atoms with Crippen LogP contribution in [0.3, 0.4) is 0 Å². The number of hydrogen-bond acceptors (Lipinski definition) is 0. The maximum absolute atomic E-state index is 7.48. The minimum absolute atomic E-state index is 0.310. The Hall–Kier alpha value is -1.76. The Balaban J connectivity index is 2.44. The third-order valence-corrected chi connectivity index (χ3v) is 3.13.